The molecular weight excluding hydrogens is 392 g/mol. The molecule has 1 amide bonds. The number of amides is 1. The van der Waals surface area contributed by atoms with Crippen LogP contribution >= 0.6 is 11.6 Å². The number of aryl methyl sites for hydroxylation is 1. The Kier molecular flexibility index (Phi) is 6.45. The van der Waals surface area contributed by atoms with E-state index in [9.17, 15) is 18.0 Å². The molecule has 0 radical (unpaired) electrons. The van der Waals surface area contributed by atoms with Gasteiger partial charge in [-0.3, -0.25) is 9.10 Å². The number of esters is 1. The number of carbonyl (C=O) groups is 2. The van der Waals surface area contributed by atoms with Crippen molar-refractivity contribution in [2.75, 3.05) is 29.5 Å². The Morgan fingerprint density at radius 2 is 1.78 bits per heavy atom. The third-order valence-corrected chi connectivity index (χ3v) is 5.27. The topological polar surface area (TPSA) is 92.8 Å². The molecule has 1 N–H and O–H groups in total. The van der Waals surface area contributed by atoms with Crippen molar-refractivity contribution in [2.24, 2.45) is 0 Å². The summed E-state index contributed by atoms with van der Waals surface area (Å²) in [5, 5.41) is 3.00. The van der Waals surface area contributed by atoms with E-state index in [2.05, 4.69) is 10.1 Å². The Balaban J connectivity index is 2.17. The zero-order chi connectivity index (χ0) is 20.2. The van der Waals surface area contributed by atoms with Crippen molar-refractivity contribution in [3.8, 4) is 0 Å². The van der Waals surface area contributed by atoms with Crippen LogP contribution in [-0.4, -0.2) is 40.2 Å². The Morgan fingerprint density at radius 3 is 2.30 bits per heavy atom. The number of halogens is 1. The van der Waals surface area contributed by atoms with Crippen LogP contribution in [0.2, 0.25) is 5.02 Å². The number of rotatable bonds is 6. The van der Waals surface area contributed by atoms with Gasteiger partial charge in [-0.1, -0.05) is 17.7 Å². The first-order valence-electron chi connectivity index (χ1n) is 7.84. The van der Waals surface area contributed by atoms with E-state index in [1.165, 1.54) is 37.4 Å². The van der Waals surface area contributed by atoms with E-state index in [-0.39, 0.29) is 0 Å². The lowest BCUT2D eigenvalue weighted by Crippen LogP contribution is -2.37. The number of hydrogen-bond acceptors (Lipinski definition) is 5. The molecule has 0 unspecified atom stereocenters. The number of benzene rings is 2. The molecule has 2 aromatic rings. The molecule has 0 spiro atoms. The fourth-order valence-electron chi connectivity index (χ4n) is 2.28. The SMILES string of the molecule is COC(=O)c1ccc(NC(=O)CN(c2ccc(C)c(Cl)c2)S(C)(=O)=O)cc1. The number of anilines is 2. The number of nitrogens with zero attached hydrogens (tertiary/aromatic N) is 1. The molecule has 7 nitrogen and oxygen atoms in total. The van der Waals surface area contributed by atoms with E-state index in [4.69, 9.17) is 11.6 Å². The monoisotopic (exact) mass is 410 g/mol. The van der Waals surface area contributed by atoms with Gasteiger partial charge >= 0.3 is 5.97 Å². The summed E-state index contributed by atoms with van der Waals surface area (Å²) in [4.78, 5) is 23.7. The number of hydrogen-bond donors (Lipinski definition) is 1. The van der Waals surface area contributed by atoms with Gasteiger partial charge in [-0.25, -0.2) is 13.2 Å². The number of sulfonamides is 1. The minimum atomic E-state index is -3.70. The van der Waals surface area contributed by atoms with Gasteiger partial charge in [0.2, 0.25) is 15.9 Å². The molecule has 0 bridgehead atoms. The standard InChI is InChI=1S/C18H19ClN2O5S/c1-12-4-9-15(10-16(12)19)21(27(3,24)25)11-17(22)20-14-7-5-13(6-8-14)18(23)26-2/h4-10H,11H2,1-3H3,(H,20,22). The third kappa shape index (κ3) is 5.45. The van der Waals surface area contributed by atoms with Crippen LogP contribution in [0.3, 0.4) is 0 Å². The highest BCUT2D eigenvalue weighted by Crippen LogP contribution is 2.25. The zero-order valence-electron chi connectivity index (χ0n) is 15.0. The van der Waals surface area contributed by atoms with Crippen molar-refractivity contribution in [1.29, 1.82) is 0 Å². The molecule has 0 fully saturated rings. The number of ether oxygens (including phenoxy) is 1. The second kappa shape index (κ2) is 8.41. The first-order valence-corrected chi connectivity index (χ1v) is 10.1. The minimum Gasteiger partial charge on any atom is -0.465 e. The largest absolute Gasteiger partial charge is 0.465 e. The summed E-state index contributed by atoms with van der Waals surface area (Å²) < 4.78 is 29.8. The molecule has 0 heterocycles. The highest BCUT2D eigenvalue weighted by atomic mass is 35.5. The van der Waals surface area contributed by atoms with Gasteiger partial charge in [0.25, 0.3) is 0 Å². The lowest BCUT2D eigenvalue weighted by molar-refractivity contribution is -0.114. The second-order valence-electron chi connectivity index (χ2n) is 5.82. The molecule has 2 rings (SSSR count). The van der Waals surface area contributed by atoms with E-state index >= 15 is 0 Å². The molecule has 0 aliphatic rings. The van der Waals surface area contributed by atoms with Crippen molar-refractivity contribution in [1.82, 2.24) is 0 Å². The molecule has 9 heteroatoms. The van der Waals surface area contributed by atoms with E-state index in [0.717, 1.165) is 16.1 Å². The predicted molar refractivity (Wildman–Crippen MR) is 105 cm³/mol. The second-order valence-corrected chi connectivity index (χ2v) is 8.13. The summed E-state index contributed by atoms with van der Waals surface area (Å²) >= 11 is 6.07. The molecule has 0 aromatic heterocycles. The van der Waals surface area contributed by atoms with Crippen molar-refractivity contribution < 1.29 is 22.7 Å². The number of carbonyl (C=O) groups excluding carboxylic acids is 2. The maximum absolute atomic E-state index is 12.3. The maximum Gasteiger partial charge on any atom is 0.337 e. The highest BCUT2D eigenvalue weighted by Gasteiger charge is 2.21. The van der Waals surface area contributed by atoms with Gasteiger partial charge < -0.3 is 10.1 Å². The molecule has 0 atom stereocenters. The maximum atomic E-state index is 12.3. The van der Waals surface area contributed by atoms with E-state index < -0.39 is 28.4 Å². The van der Waals surface area contributed by atoms with Crippen LogP contribution in [0.1, 0.15) is 15.9 Å². The van der Waals surface area contributed by atoms with Crippen molar-refractivity contribution in [3.05, 3.63) is 58.6 Å². The molecule has 144 valence electrons. The molecule has 2 aromatic carbocycles. The van der Waals surface area contributed by atoms with Gasteiger partial charge in [0.15, 0.2) is 0 Å². The lowest BCUT2D eigenvalue weighted by Gasteiger charge is -2.22. The predicted octanol–water partition coefficient (Wildman–Crippen LogP) is 2.84. The molecule has 0 saturated heterocycles. The van der Waals surface area contributed by atoms with Gasteiger partial charge in [-0.15, -0.1) is 0 Å². The first kappa shape index (κ1) is 20.7. The normalized spacial score (nSPS) is 11.0. The average Bonchev–Trinajstić information content (AvgIpc) is 2.61. The van der Waals surface area contributed by atoms with Crippen LogP contribution in [0, 0.1) is 6.92 Å². The average molecular weight is 411 g/mol. The van der Waals surface area contributed by atoms with Crippen LogP contribution in [-0.2, 0) is 19.6 Å². The number of methoxy groups -OCH3 is 1. The van der Waals surface area contributed by atoms with Gasteiger partial charge in [0.1, 0.15) is 6.54 Å². The van der Waals surface area contributed by atoms with Crippen LogP contribution in [0.4, 0.5) is 11.4 Å². The van der Waals surface area contributed by atoms with E-state index in [0.29, 0.717) is 22.0 Å². The Hall–Kier alpha value is -2.58. The van der Waals surface area contributed by atoms with Crippen molar-refractivity contribution >= 4 is 44.9 Å². The molecular formula is C18H19ClN2O5S. The summed E-state index contributed by atoms with van der Waals surface area (Å²) in [5.41, 5.74) is 1.85. The highest BCUT2D eigenvalue weighted by molar-refractivity contribution is 7.92. The third-order valence-electron chi connectivity index (χ3n) is 3.72. The fraction of sp³-hybridized carbons (Fsp3) is 0.222. The Labute approximate surface area is 162 Å². The van der Waals surface area contributed by atoms with Gasteiger partial charge in [-0.05, 0) is 48.9 Å². The number of nitrogens with one attached hydrogen (secondary N) is 1. The van der Waals surface area contributed by atoms with Gasteiger partial charge in [0, 0.05) is 10.7 Å². The Morgan fingerprint density at radius 1 is 1.15 bits per heavy atom. The quantitative estimate of drug-likeness (QED) is 0.739. The molecule has 0 aliphatic heterocycles. The van der Waals surface area contributed by atoms with Gasteiger partial charge in [0.05, 0.1) is 24.6 Å². The van der Waals surface area contributed by atoms with Crippen LogP contribution in [0.5, 0.6) is 0 Å². The molecule has 27 heavy (non-hydrogen) atoms. The summed E-state index contributed by atoms with van der Waals surface area (Å²) in [6, 6.07) is 10.8. The van der Waals surface area contributed by atoms with Crippen LogP contribution < -0.4 is 9.62 Å². The molecule has 0 saturated carbocycles. The van der Waals surface area contributed by atoms with Crippen LogP contribution in [0.25, 0.3) is 0 Å². The summed E-state index contributed by atoms with van der Waals surface area (Å²) in [6.45, 7) is 1.37. The minimum absolute atomic E-state index is 0.296. The summed E-state index contributed by atoms with van der Waals surface area (Å²) in [6.07, 6.45) is 1.01. The molecule has 0 aliphatic carbocycles. The van der Waals surface area contributed by atoms with E-state index in [1.54, 1.807) is 19.1 Å². The summed E-state index contributed by atoms with van der Waals surface area (Å²) in [7, 11) is -2.43. The summed E-state index contributed by atoms with van der Waals surface area (Å²) in [5.74, 6) is -1.03. The lowest BCUT2D eigenvalue weighted by atomic mass is 10.2. The van der Waals surface area contributed by atoms with E-state index in [1.807, 2.05) is 0 Å². The zero-order valence-corrected chi connectivity index (χ0v) is 16.6. The fourth-order valence-corrected chi connectivity index (χ4v) is 3.30. The smallest absolute Gasteiger partial charge is 0.337 e. The Bertz CT molecular complexity index is 958. The van der Waals surface area contributed by atoms with Gasteiger partial charge in [-0.2, -0.15) is 0 Å². The van der Waals surface area contributed by atoms with Crippen molar-refractivity contribution in [2.45, 2.75) is 6.92 Å². The van der Waals surface area contributed by atoms with Crippen molar-refractivity contribution in [3.63, 3.8) is 0 Å². The van der Waals surface area contributed by atoms with Crippen LogP contribution in [0.15, 0.2) is 42.5 Å². The first-order chi connectivity index (χ1) is 12.6.